The van der Waals surface area contributed by atoms with Crippen molar-refractivity contribution in [1.82, 2.24) is 20.2 Å². The van der Waals surface area contributed by atoms with Gasteiger partial charge in [0.1, 0.15) is 0 Å². The molecule has 0 saturated carbocycles. The number of halogens is 3. The van der Waals surface area contributed by atoms with Crippen LogP contribution < -0.4 is 5.69 Å². The Balaban J connectivity index is 2.71. The Morgan fingerprint density at radius 3 is 2.62 bits per heavy atom. The summed E-state index contributed by atoms with van der Waals surface area (Å²) in [5.74, 6) is -0.319. The van der Waals surface area contributed by atoms with E-state index < -0.39 is 9.48 Å². The summed E-state index contributed by atoms with van der Waals surface area (Å²) in [7, 11) is 0. The van der Waals surface area contributed by atoms with Gasteiger partial charge in [-0.3, -0.25) is 0 Å². The van der Waals surface area contributed by atoms with E-state index >= 15 is 0 Å². The van der Waals surface area contributed by atoms with Gasteiger partial charge in [0.2, 0.25) is 0 Å². The van der Waals surface area contributed by atoms with Crippen LogP contribution in [0.5, 0.6) is 0 Å². The molecule has 1 N–H and O–H groups in total. The fourth-order valence-corrected chi connectivity index (χ4v) is 0.907. The van der Waals surface area contributed by atoms with Gasteiger partial charge in [0.05, 0.1) is 6.54 Å². The van der Waals surface area contributed by atoms with Crippen molar-refractivity contribution in [3.63, 3.8) is 0 Å². The van der Waals surface area contributed by atoms with Crippen molar-refractivity contribution in [3.05, 3.63) is 10.5 Å². The molecule has 13 heavy (non-hydrogen) atoms. The lowest BCUT2D eigenvalue weighted by atomic mass is 10.2. The monoisotopic (exact) mass is 244 g/mol. The quantitative estimate of drug-likeness (QED) is 0.790. The van der Waals surface area contributed by atoms with Gasteiger partial charge in [0.25, 0.3) is 0 Å². The minimum Gasteiger partial charge on any atom is -0.245 e. The van der Waals surface area contributed by atoms with Crippen LogP contribution in [0.2, 0.25) is 0 Å². The molecule has 8 heteroatoms. The van der Waals surface area contributed by atoms with Gasteiger partial charge in [0.15, 0.2) is 3.79 Å². The molecule has 5 nitrogen and oxygen atoms in total. The summed E-state index contributed by atoms with van der Waals surface area (Å²) >= 11 is 16.8. The number of nitrogens with zero attached hydrogens (tertiary/aromatic N) is 3. The summed E-state index contributed by atoms with van der Waals surface area (Å²) in [5, 5.41) is 8.94. The van der Waals surface area contributed by atoms with E-state index in [-0.39, 0.29) is 12.5 Å². The highest BCUT2D eigenvalue weighted by molar-refractivity contribution is 6.67. The fraction of sp³-hybridized carbons (Fsp3) is 0.800. The van der Waals surface area contributed by atoms with Gasteiger partial charge in [-0.05, 0) is 10.4 Å². The standard InChI is InChI=1S/C5H7Cl3N4O/c1-3(5(6,7)8)2-12-4(13)9-10-11-12/h3H,2H2,1H3,(H,9,11,13). The van der Waals surface area contributed by atoms with Crippen molar-refractivity contribution in [1.29, 1.82) is 0 Å². The minimum absolute atomic E-state index is 0.214. The van der Waals surface area contributed by atoms with Crippen LogP contribution >= 0.6 is 34.8 Å². The fourth-order valence-electron chi connectivity index (χ4n) is 0.700. The minimum atomic E-state index is -1.40. The summed E-state index contributed by atoms with van der Waals surface area (Å²) in [6.07, 6.45) is 0. The molecule has 0 bridgehead atoms. The second-order valence-corrected chi connectivity index (χ2v) is 5.00. The number of aromatic amines is 1. The van der Waals surface area contributed by atoms with Crippen molar-refractivity contribution in [2.45, 2.75) is 17.3 Å². The SMILES string of the molecule is CC(Cn1nn[nH]c1=O)C(Cl)(Cl)Cl. The van der Waals surface area contributed by atoms with Gasteiger partial charge in [-0.15, -0.1) is 0 Å². The number of H-pyrrole nitrogens is 1. The van der Waals surface area contributed by atoms with Crippen LogP contribution in [0.15, 0.2) is 4.79 Å². The van der Waals surface area contributed by atoms with E-state index in [1.807, 2.05) is 0 Å². The number of alkyl halides is 3. The van der Waals surface area contributed by atoms with Crippen LogP contribution in [0, 0.1) is 5.92 Å². The molecule has 0 radical (unpaired) electrons. The highest BCUT2D eigenvalue weighted by Crippen LogP contribution is 2.35. The first-order valence-electron chi connectivity index (χ1n) is 3.46. The molecule has 1 atom stereocenters. The molecule has 0 spiro atoms. The average Bonchev–Trinajstić information content (AvgIpc) is 2.34. The van der Waals surface area contributed by atoms with Crippen LogP contribution in [0.1, 0.15) is 6.92 Å². The molecule has 1 unspecified atom stereocenters. The molecular weight excluding hydrogens is 238 g/mol. The molecule has 0 aromatic carbocycles. The third-order valence-corrected chi connectivity index (χ3v) is 2.66. The Hall–Kier alpha value is -0.260. The van der Waals surface area contributed by atoms with Crippen molar-refractivity contribution in [3.8, 4) is 0 Å². The number of aromatic nitrogens is 4. The summed E-state index contributed by atoms with van der Waals surface area (Å²) in [5.41, 5.74) is -0.416. The molecule has 0 aliphatic rings. The maximum absolute atomic E-state index is 10.9. The van der Waals surface area contributed by atoms with Gasteiger partial charge in [-0.25, -0.2) is 9.89 Å². The molecule has 74 valence electrons. The smallest absolute Gasteiger partial charge is 0.245 e. The van der Waals surface area contributed by atoms with E-state index in [0.717, 1.165) is 4.68 Å². The van der Waals surface area contributed by atoms with Crippen molar-refractivity contribution >= 4 is 34.8 Å². The molecular formula is C5H7Cl3N4O. The van der Waals surface area contributed by atoms with Crippen LogP contribution in [0.4, 0.5) is 0 Å². The number of hydrogen-bond donors (Lipinski definition) is 1. The number of tetrazole rings is 1. The third kappa shape index (κ3) is 2.86. The highest BCUT2D eigenvalue weighted by atomic mass is 35.6. The molecule has 0 aliphatic heterocycles. The second-order valence-electron chi connectivity index (χ2n) is 2.63. The van der Waals surface area contributed by atoms with E-state index in [4.69, 9.17) is 34.8 Å². The lowest BCUT2D eigenvalue weighted by Gasteiger charge is -2.18. The molecule has 1 aromatic heterocycles. The van der Waals surface area contributed by atoms with Crippen LogP contribution in [-0.4, -0.2) is 24.0 Å². The molecule has 1 aromatic rings. The van der Waals surface area contributed by atoms with E-state index in [1.165, 1.54) is 0 Å². The van der Waals surface area contributed by atoms with Gasteiger partial charge in [-0.2, -0.15) is 4.68 Å². The Bertz CT molecular complexity index is 327. The molecule has 0 saturated heterocycles. The Labute approximate surface area is 88.9 Å². The van der Waals surface area contributed by atoms with E-state index in [9.17, 15) is 4.79 Å². The number of rotatable bonds is 2. The van der Waals surface area contributed by atoms with E-state index in [2.05, 4.69) is 15.5 Å². The third-order valence-electron chi connectivity index (χ3n) is 1.54. The summed E-state index contributed by atoms with van der Waals surface area (Å²) in [6, 6.07) is 0. The summed E-state index contributed by atoms with van der Waals surface area (Å²) in [4.78, 5) is 10.9. The molecule has 1 heterocycles. The molecule has 1 rings (SSSR count). The van der Waals surface area contributed by atoms with Crippen LogP contribution in [0.3, 0.4) is 0 Å². The molecule has 0 fully saturated rings. The first-order valence-corrected chi connectivity index (χ1v) is 4.59. The predicted octanol–water partition coefficient (Wildman–Crippen LogP) is 0.973. The Morgan fingerprint density at radius 1 is 1.62 bits per heavy atom. The van der Waals surface area contributed by atoms with Gasteiger partial charge in [0, 0.05) is 5.92 Å². The Morgan fingerprint density at radius 2 is 2.23 bits per heavy atom. The average molecular weight is 245 g/mol. The lowest BCUT2D eigenvalue weighted by Crippen LogP contribution is -2.28. The lowest BCUT2D eigenvalue weighted by molar-refractivity contribution is 0.438. The Kier molecular flexibility index (Phi) is 3.21. The predicted molar refractivity (Wildman–Crippen MR) is 50.1 cm³/mol. The largest absolute Gasteiger partial charge is 0.361 e. The second kappa shape index (κ2) is 3.86. The van der Waals surface area contributed by atoms with Crippen LogP contribution in [-0.2, 0) is 6.54 Å². The zero-order chi connectivity index (χ0) is 10.1. The first kappa shape index (κ1) is 10.8. The molecule has 0 amide bonds. The number of nitrogens with one attached hydrogen (secondary N) is 1. The summed E-state index contributed by atoms with van der Waals surface area (Å²) < 4.78 is -0.301. The van der Waals surface area contributed by atoms with E-state index in [0.29, 0.717) is 0 Å². The maximum Gasteiger partial charge on any atom is 0.361 e. The van der Waals surface area contributed by atoms with Gasteiger partial charge >= 0.3 is 5.69 Å². The highest BCUT2D eigenvalue weighted by Gasteiger charge is 2.29. The van der Waals surface area contributed by atoms with Crippen molar-refractivity contribution in [2.75, 3.05) is 0 Å². The first-order chi connectivity index (χ1) is 5.91. The van der Waals surface area contributed by atoms with Crippen molar-refractivity contribution in [2.24, 2.45) is 5.92 Å². The maximum atomic E-state index is 10.9. The zero-order valence-corrected chi connectivity index (χ0v) is 8.94. The number of hydrogen-bond acceptors (Lipinski definition) is 3. The zero-order valence-electron chi connectivity index (χ0n) is 6.67. The molecule has 0 aliphatic carbocycles. The van der Waals surface area contributed by atoms with Crippen LogP contribution in [0.25, 0.3) is 0 Å². The van der Waals surface area contributed by atoms with Crippen molar-refractivity contribution < 1.29 is 0 Å². The van der Waals surface area contributed by atoms with Gasteiger partial charge in [-0.1, -0.05) is 41.7 Å². The van der Waals surface area contributed by atoms with E-state index in [1.54, 1.807) is 6.92 Å². The topological polar surface area (TPSA) is 63.6 Å². The summed E-state index contributed by atoms with van der Waals surface area (Å²) in [6.45, 7) is 1.92. The normalized spacial score (nSPS) is 14.5. The van der Waals surface area contributed by atoms with Gasteiger partial charge < -0.3 is 0 Å².